The number of aromatic nitrogens is 2. The first-order valence-electron chi connectivity index (χ1n) is 11.9. The monoisotopic (exact) mass is 457 g/mol. The number of hydrogen-bond donors (Lipinski definition) is 2. The standard InChI is InChI=1S/C24H35N5O4/c1-17(2)16-29(19-13-18(14-25-15-19)23(31)27-8-11-33-12-9-27)24(32)22-26-20-5-3-4-6-21(20)28(22)7-10-30/h3-6,17-19,25,30H,7-16H2,1-2H3/t18-,19+/m1/s1. The molecule has 0 unspecified atom stereocenters. The van der Waals surface area contributed by atoms with Crippen molar-refractivity contribution in [1.82, 2.24) is 24.7 Å². The predicted octanol–water partition coefficient (Wildman–Crippen LogP) is 0.964. The highest BCUT2D eigenvalue weighted by Gasteiger charge is 2.36. The first kappa shape index (κ1) is 23.7. The van der Waals surface area contributed by atoms with Crippen LogP contribution in [0.25, 0.3) is 11.0 Å². The molecule has 2 aliphatic heterocycles. The summed E-state index contributed by atoms with van der Waals surface area (Å²) >= 11 is 0. The highest BCUT2D eigenvalue weighted by atomic mass is 16.5. The van der Waals surface area contributed by atoms with Crippen LogP contribution in [0, 0.1) is 11.8 Å². The number of para-hydroxylation sites is 2. The molecule has 2 fully saturated rings. The molecule has 2 saturated heterocycles. The Kier molecular flexibility index (Phi) is 7.62. The van der Waals surface area contributed by atoms with Crippen molar-refractivity contribution in [2.45, 2.75) is 32.9 Å². The zero-order valence-electron chi connectivity index (χ0n) is 19.6. The maximum atomic E-state index is 13.8. The van der Waals surface area contributed by atoms with Gasteiger partial charge in [0.1, 0.15) is 0 Å². The number of benzene rings is 1. The number of morpholine rings is 1. The molecule has 180 valence electrons. The number of carbonyl (C=O) groups is 2. The smallest absolute Gasteiger partial charge is 0.290 e. The molecule has 0 aliphatic carbocycles. The normalized spacial score (nSPS) is 21.5. The molecule has 9 nitrogen and oxygen atoms in total. The van der Waals surface area contributed by atoms with Crippen LogP contribution in [0.5, 0.6) is 0 Å². The van der Waals surface area contributed by atoms with E-state index in [2.05, 4.69) is 24.1 Å². The number of fused-ring (bicyclic) bond motifs is 1. The largest absolute Gasteiger partial charge is 0.395 e. The summed E-state index contributed by atoms with van der Waals surface area (Å²) in [5.74, 6) is 0.424. The first-order chi connectivity index (χ1) is 16.0. The summed E-state index contributed by atoms with van der Waals surface area (Å²) in [6, 6.07) is 7.49. The molecule has 2 aliphatic rings. The fraction of sp³-hybridized carbons (Fsp3) is 0.625. The predicted molar refractivity (Wildman–Crippen MR) is 125 cm³/mol. The second kappa shape index (κ2) is 10.6. The van der Waals surface area contributed by atoms with Gasteiger partial charge in [-0.25, -0.2) is 4.98 Å². The van der Waals surface area contributed by atoms with E-state index in [1.165, 1.54) is 0 Å². The third kappa shape index (κ3) is 5.20. The van der Waals surface area contributed by atoms with Crippen molar-refractivity contribution in [3.63, 3.8) is 0 Å². The van der Waals surface area contributed by atoms with E-state index in [0.717, 1.165) is 11.0 Å². The van der Waals surface area contributed by atoms with E-state index in [-0.39, 0.29) is 36.3 Å². The van der Waals surface area contributed by atoms with Crippen LogP contribution in [0.15, 0.2) is 24.3 Å². The van der Waals surface area contributed by atoms with Crippen LogP contribution in [0.4, 0.5) is 0 Å². The number of piperidine rings is 1. The van der Waals surface area contributed by atoms with Crippen LogP contribution >= 0.6 is 0 Å². The van der Waals surface area contributed by atoms with Gasteiger partial charge >= 0.3 is 0 Å². The van der Waals surface area contributed by atoms with Crippen LogP contribution < -0.4 is 5.32 Å². The number of nitrogens with one attached hydrogen (secondary N) is 1. The molecule has 2 atom stereocenters. The molecule has 2 N–H and O–H groups in total. The quantitative estimate of drug-likeness (QED) is 0.643. The number of aliphatic hydroxyl groups is 1. The third-order valence-corrected chi connectivity index (χ3v) is 6.43. The number of ether oxygens (including phenoxy) is 1. The van der Waals surface area contributed by atoms with Gasteiger partial charge in [-0.3, -0.25) is 9.59 Å². The van der Waals surface area contributed by atoms with Gasteiger partial charge < -0.3 is 29.5 Å². The zero-order valence-corrected chi connectivity index (χ0v) is 19.6. The molecule has 0 bridgehead atoms. The lowest BCUT2D eigenvalue weighted by Gasteiger charge is -2.40. The van der Waals surface area contributed by atoms with E-state index in [1.807, 2.05) is 34.1 Å². The van der Waals surface area contributed by atoms with Gasteiger partial charge in [-0.1, -0.05) is 26.0 Å². The van der Waals surface area contributed by atoms with Gasteiger partial charge in [0.2, 0.25) is 5.91 Å². The van der Waals surface area contributed by atoms with Crippen molar-refractivity contribution in [2.75, 3.05) is 52.5 Å². The Labute approximate surface area is 194 Å². The number of aliphatic hydroxyl groups excluding tert-OH is 1. The summed E-state index contributed by atoms with van der Waals surface area (Å²) in [7, 11) is 0. The van der Waals surface area contributed by atoms with E-state index < -0.39 is 0 Å². The van der Waals surface area contributed by atoms with Crippen molar-refractivity contribution in [1.29, 1.82) is 0 Å². The Morgan fingerprint density at radius 3 is 2.73 bits per heavy atom. The Morgan fingerprint density at radius 1 is 1.24 bits per heavy atom. The van der Waals surface area contributed by atoms with E-state index in [4.69, 9.17) is 4.74 Å². The highest BCUT2D eigenvalue weighted by Crippen LogP contribution is 2.24. The van der Waals surface area contributed by atoms with Gasteiger partial charge in [-0.05, 0) is 24.5 Å². The molecular weight excluding hydrogens is 422 g/mol. The fourth-order valence-corrected chi connectivity index (χ4v) is 4.87. The molecule has 0 spiro atoms. The molecule has 4 rings (SSSR count). The third-order valence-electron chi connectivity index (χ3n) is 6.43. The topological polar surface area (TPSA) is 99.9 Å². The Balaban J connectivity index is 1.59. The Morgan fingerprint density at radius 2 is 2.00 bits per heavy atom. The molecule has 9 heteroatoms. The van der Waals surface area contributed by atoms with Crippen molar-refractivity contribution in [3.8, 4) is 0 Å². The van der Waals surface area contributed by atoms with Crippen LogP contribution in [0.3, 0.4) is 0 Å². The maximum absolute atomic E-state index is 13.8. The van der Waals surface area contributed by atoms with Crippen LogP contribution in [-0.2, 0) is 16.1 Å². The number of amides is 2. The molecule has 0 radical (unpaired) electrons. The van der Waals surface area contributed by atoms with Crippen LogP contribution in [0.2, 0.25) is 0 Å². The minimum atomic E-state index is -0.166. The molecule has 1 aromatic carbocycles. The number of nitrogens with zero attached hydrogens (tertiary/aromatic N) is 4. The second-order valence-corrected chi connectivity index (χ2v) is 9.33. The number of rotatable bonds is 7. The summed E-state index contributed by atoms with van der Waals surface area (Å²) < 4.78 is 7.19. The molecule has 1 aromatic heterocycles. The van der Waals surface area contributed by atoms with E-state index in [0.29, 0.717) is 64.7 Å². The molecular formula is C24H35N5O4. The fourth-order valence-electron chi connectivity index (χ4n) is 4.87. The summed E-state index contributed by atoms with van der Waals surface area (Å²) in [5, 5.41) is 13.0. The van der Waals surface area contributed by atoms with Crippen LogP contribution in [0.1, 0.15) is 30.9 Å². The van der Waals surface area contributed by atoms with Crippen molar-refractivity contribution in [2.24, 2.45) is 11.8 Å². The summed E-state index contributed by atoms with van der Waals surface area (Å²) in [6.45, 7) is 8.65. The van der Waals surface area contributed by atoms with Gasteiger partial charge in [-0.2, -0.15) is 0 Å². The van der Waals surface area contributed by atoms with Gasteiger partial charge in [0, 0.05) is 45.3 Å². The summed E-state index contributed by atoms with van der Waals surface area (Å²) in [4.78, 5) is 35.4. The van der Waals surface area contributed by atoms with Crippen molar-refractivity contribution in [3.05, 3.63) is 30.1 Å². The van der Waals surface area contributed by atoms with Gasteiger partial charge in [0.25, 0.3) is 5.91 Å². The molecule has 2 amide bonds. The molecule has 3 heterocycles. The summed E-state index contributed by atoms with van der Waals surface area (Å²) in [6.07, 6.45) is 0.627. The molecule has 33 heavy (non-hydrogen) atoms. The Hall–Kier alpha value is -2.49. The van der Waals surface area contributed by atoms with Gasteiger partial charge in [0.05, 0.1) is 36.8 Å². The average Bonchev–Trinajstić information content (AvgIpc) is 3.21. The van der Waals surface area contributed by atoms with E-state index in [1.54, 1.807) is 4.57 Å². The minimum Gasteiger partial charge on any atom is -0.395 e. The molecule has 0 saturated carbocycles. The lowest BCUT2D eigenvalue weighted by molar-refractivity contribution is -0.140. The zero-order chi connectivity index (χ0) is 23.4. The minimum absolute atomic E-state index is 0.0775. The van der Waals surface area contributed by atoms with Crippen molar-refractivity contribution >= 4 is 22.8 Å². The summed E-state index contributed by atoms with van der Waals surface area (Å²) in [5.41, 5.74) is 1.57. The van der Waals surface area contributed by atoms with Gasteiger partial charge in [0.15, 0.2) is 5.82 Å². The van der Waals surface area contributed by atoms with E-state index >= 15 is 0 Å². The lowest BCUT2D eigenvalue weighted by Crippen LogP contribution is -2.56. The Bertz CT molecular complexity index is 969. The first-order valence-corrected chi connectivity index (χ1v) is 11.9. The number of hydrogen-bond acceptors (Lipinski definition) is 6. The lowest BCUT2D eigenvalue weighted by atomic mass is 9.92. The SMILES string of the molecule is CC(C)CN(C(=O)c1nc2ccccc2n1CCO)[C@@H]1CNC[C@H](C(=O)N2CCOCC2)C1. The van der Waals surface area contributed by atoms with Gasteiger partial charge in [-0.15, -0.1) is 0 Å². The number of carbonyl (C=O) groups excluding carboxylic acids is 2. The maximum Gasteiger partial charge on any atom is 0.290 e. The average molecular weight is 458 g/mol. The second-order valence-electron chi connectivity index (χ2n) is 9.33. The van der Waals surface area contributed by atoms with E-state index in [9.17, 15) is 14.7 Å². The number of imidazole rings is 1. The van der Waals surface area contributed by atoms with Crippen molar-refractivity contribution < 1.29 is 19.4 Å². The highest BCUT2D eigenvalue weighted by molar-refractivity contribution is 5.95. The molecule has 2 aromatic rings. The van der Waals surface area contributed by atoms with Crippen LogP contribution in [-0.4, -0.2) is 94.9 Å².